The zero-order valence-corrected chi connectivity index (χ0v) is 27.3. The summed E-state index contributed by atoms with van der Waals surface area (Å²) in [7, 11) is 0. The van der Waals surface area contributed by atoms with Crippen molar-refractivity contribution in [1.82, 2.24) is 9.13 Å². The first-order valence-electron chi connectivity index (χ1n) is 17.1. The fourth-order valence-electron chi connectivity index (χ4n) is 7.63. The molecule has 0 N–H and O–H groups in total. The molecule has 0 aliphatic heterocycles. The van der Waals surface area contributed by atoms with Gasteiger partial charge in [-0.2, -0.15) is 4.57 Å². The van der Waals surface area contributed by atoms with E-state index in [4.69, 9.17) is 0 Å². The Labute approximate surface area is 290 Å². The van der Waals surface area contributed by atoms with Crippen LogP contribution in [0.1, 0.15) is 0 Å². The van der Waals surface area contributed by atoms with Gasteiger partial charge in [-0.3, -0.25) is 0 Å². The number of nitrogens with zero attached hydrogens (tertiary/aromatic N) is 3. The minimum absolute atomic E-state index is 1.14. The van der Waals surface area contributed by atoms with E-state index in [0.29, 0.717) is 0 Å². The molecule has 50 heavy (non-hydrogen) atoms. The molecule has 7 aromatic carbocycles. The molecule has 0 spiro atoms. The third kappa shape index (κ3) is 4.56. The average Bonchev–Trinajstić information content (AvgIpc) is 3.71. The van der Waals surface area contributed by atoms with Gasteiger partial charge in [0, 0.05) is 51.5 Å². The monoisotopic (exact) mass is 638 g/mol. The van der Waals surface area contributed by atoms with Crippen LogP contribution in [0, 0.1) is 0 Å². The molecule has 0 aliphatic carbocycles. The van der Waals surface area contributed by atoms with Gasteiger partial charge in [-0.15, -0.1) is 0 Å². The smallest absolute Gasteiger partial charge is 0.210 e. The molecule has 3 aromatic heterocycles. The summed E-state index contributed by atoms with van der Waals surface area (Å²) in [6.07, 6.45) is 4.28. The molecule has 0 atom stereocenters. The zero-order chi connectivity index (χ0) is 33.0. The van der Waals surface area contributed by atoms with Gasteiger partial charge in [-0.05, 0) is 70.8 Å². The number of hydrogen-bond donors (Lipinski definition) is 0. The van der Waals surface area contributed by atoms with Crippen molar-refractivity contribution in [2.75, 3.05) is 0 Å². The van der Waals surface area contributed by atoms with Gasteiger partial charge in [-0.1, -0.05) is 109 Å². The third-order valence-corrected chi connectivity index (χ3v) is 10.0. The first-order chi connectivity index (χ1) is 24.8. The standard InChI is InChI=1S/C47H32N3/c1-3-11-33(12-4-1)34-19-23-38(24-20-34)49-44-17-9-7-15-40(44)42-31-35(21-25-46(42)49)36-22-26-47-43(32-36)41-16-8-10-18-45(41)50(47)39-27-29-48(30-28-39)37-13-5-2-6-14-37/h1-32H/q+1. The number of para-hydroxylation sites is 3. The Morgan fingerprint density at radius 2 is 0.720 bits per heavy atom. The van der Waals surface area contributed by atoms with Crippen molar-refractivity contribution >= 4 is 43.6 Å². The lowest BCUT2D eigenvalue weighted by molar-refractivity contribution is -0.595. The molecule has 3 heteroatoms. The normalized spacial score (nSPS) is 11.6. The van der Waals surface area contributed by atoms with Crippen molar-refractivity contribution in [2.24, 2.45) is 0 Å². The Hall–Kier alpha value is -6.71. The molecule has 3 nitrogen and oxygen atoms in total. The molecule has 10 rings (SSSR count). The van der Waals surface area contributed by atoms with Gasteiger partial charge in [0.05, 0.1) is 27.8 Å². The highest BCUT2D eigenvalue weighted by molar-refractivity contribution is 6.12. The Morgan fingerprint density at radius 1 is 0.300 bits per heavy atom. The van der Waals surface area contributed by atoms with Crippen LogP contribution < -0.4 is 4.57 Å². The molecule has 0 unspecified atom stereocenters. The van der Waals surface area contributed by atoms with Gasteiger partial charge in [0.15, 0.2) is 12.4 Å². The molecule has 0 saturated heterocycles. The number of pyridine rings is 1. The molecule has 0 radical (unpaired) electrons. The van der Waals surface area contributed by atoms with E-state index in [9.17, 15) is 0 Å². The second-order valence-electron chi connectivity index (χ2n) is 12.9. The summed E-state index contributed by atoms with van der Waals surface area (Å²) in [5, 5.41) is 5.01. The van der Waals surface area contributed by atoms with Gasteiger partial charge in [0.2, 0.25) is 5.69 Å². The molecule has 0 bridgehead atoms. The Balaban J connectivity index is 1.08. The quantitative estimate of drug-likeness (QED) is 0.167. The summed E-state index contributed by atoms with van der Waals surface area (Å²) in [6.45, 7) is 0. The highest BCUT2D eigenvalue weighted by Gasteiger charge is 2.17. The molecule has 3 heterocycles. The molecule has 0 amide bonds. The van der Waals surface area contributed by atoms with Crippen LogP contribution in [0.4, 0.5) is 0 Å². The maximum atomic E-state index is 2.39. The molecule has 234 valence electrons. The minimum Gasteiger partial charge on any atom is -0.309 e. The molecule has 10 aromatic rings. The lowest BCUT2D eigenvalue weighted by Crippen LogP contribution is -2.29. The lowest BCUT2D eigenvalue weighted by atomic mass is 10.0. The fourth-order valence-corrected chi connectivity index (χ4v) is 7.63. The number of aromatic nitrogens is 3. The summed E-state index contributed by atoms with van der Waals surface area (Å²) in [5.74, 6) is 0. The van der Waals surface area contributed by atoms with Crippen LogP contribution in [0.25, 0.3) is 82.9 Å². The van der Waals surface area contributed by atoms with Crippen LogP contribution in [0.5, 0.6) is 0 Å². The van der Waals surface area contributed by atoms with Crippen molar-refractivity contribution in [1.29, 1.82) is 0 Å². The summed E-state index contributed by atoms with van der Waals surface area (Å²) >= 11 is 0. The second kappa shape index (κ2) is 11.5. The van der Waals surface area contributed by atoms with Gasteiger partial charge in [0.25, 0.3) is 0 Å². The summed E-state index contributed by atoms with van der Waals surface area (Å²) in [4.78, 5) is 0. The Bertz CT molecular complexity index is 2630. The Kier molecular flexibility index (Phi) is 6.49. The van der Waals surface area contributed by atoms with Crippen molar-refractivity contribution in [3.05, 3.63) is 194 Å². The Morgan fingerprint density at radius 3 is 1.28 bits per heavy atom. The number of rotatable bonds is 5. The summed E-state index contributed by atoms with van der Waals surface area (Å²) in [5.41, 5.74) is 13.1. The third-order valence-electron chi connectivity index (χ3n) is 10.0. The maximum Gasteiger partial charge on any atom is 0.210 e. The van der Waals surface area contributed by atoms with E-state index in [1.54, 1.807) is 0 Å². The minimum atomic E-state index is 1.14. The van der Waals surface area contributed by atoms with E-state index in [1.807, 2.05) is 6.07 Å². The van der Waals surface area contributed by atoms with E-state index < -0.39 is 0 Å². The first kappa shape index (κ1) is 28.3. The molecule has 0 aliphatic rings. The molecule has 0 saturated carbocycles. The highest BCUT2D eigenvalue weighted by atomic mass is 15.0. The van der Waals surface area contributed by atoms with Crippen LogP contribution in [0.15, 0.2) is 194 Å². The van der Waals surface area contributed by atoms with Crippen molar-refractivity contribution in [2.45, 2.75) is 0 Å². The SMILES string of the molecule is c1ccc(-c2ccc(-n3c4ccccc4c4cc(-c5ccc6c(c5)c5ccccc5n6-c5cc[n+](-c6ccccc6)cc5)ccc43)cc2)cc1. The molecular weight excluding hydrogens is 607 g/mol. The van der Waals surface area contributed by atoms with Crippen LogP contribution in [0.3, 0.4) is 0 Å². The highest BCUT2D eigenvalue weighted by Crippen LogP contribution is 2.38. The van der Waals surface area contributed by atoms with E-state index >= 15 is 0 Å². The van der Waals surface area contributed by atoms with E-state index in [0.717, 1.165) is 17.1 Å². The predicted octanol–water partition coefficient (Wildman–Crippen LogP) is 11.5. The number of hydrogen-bond acceptors (Lipinski definition) is 0. The van der Waals surface area contributed by atoms with Crippen molar-refractivity contribution in [3.8, 4) is 39.3 Å². The molecular formula is C47H32N3+. The fraction of sp³-hybridized carbons (Fsp3) is 0. The van der Waals surface area contributed by atoms with Gasteiger partial charge in [-0.25, -0.2) is 0 Å². The van der Waals surface area contributed by atoms with E-state index in [1.165, 1.54) is 65.9 Å². The average molecular weight is 639 g/mol. The number of fused-ring (bicyclic) bond motifs is 6. The summed E-state index contributed by atoms with van der Waals surface area (Å²) < 4.78 is 6.92. The van der Waals surface area contributed by atoms with Crippen LogP contribution >= 0.6 is 0 Å². The predicted molar refractivity (Wildman–Crippen MR) is 208 cm³/mol. The van der Waals surface area contributed by atoms with E-state index in [-0.39, 0.29) is 0 Å². The second-order valence-corrected chi connectivity index (χ2v) is 12.9. The lowest BCUT2D eigenvalue weighted by Gasteiger charge is -2.10. The van der Waals surface area contributed by atoms with Crippen LogP contribution in [-0.2, 0) is 0 Å². The van der Waals surface area contributed by atoms with Crippen LogP contribution in [0.2, 0.25) is 0 Å². The maximum absolute atomic E-state index is 2.39. The molecule has 0 fully saturated rings. The largest absolute Gasteiger partial charge is 0.309 e. The van der Waals surface area contributed by atoms with Crippen LogP contribution in [-0.4, -0.2) is 9.13 Å². The van der Waals surface area contributed by atoms with Gasteiger partial charge >= 0.3 is 0 Å². The number of benzene rings is 7. The van der Waals surface area contributed by atoms with Crippen molar-refractivity contribution < 1.29 is 4.57 Å². The summed E-state index contributed by atoms with van der Waals surface area (Å²) in [6, 6.07) is 65.7. The van der Waals surface area contributed by atoms with Crippen molar-refractivity contribution in [3.63, 3.8) is 0 Å². The van der Waals surface area contributed by atoms with Gasteiger partial charge < -0.3 is 9.13 Å². The van der Waals surface area contributed by atoms with Gasteiger partial charge in [0.1, 0.15) is 0 Å². The zero-order valence-electron chi connectivity index (χ0n) is 27.3. The first-order valence-corrected chi connectivity index (χ1v) is 17.1. The van der Waals surface area contributed by atoms with E-state index in [2.05, 4.69) is 202 Å². The topological polar surface area (TPSA) is 13.7 Å².